The van der Waals surface area contributed by atoms with Gasteiger partial charge in [-0.25, -0.2) is 0 Å². The summed E-state index contributed by atoms with van der Waals surface area (Å²) in [6.45, 7) is 2.34. The lowest BCUT2D eigenvalue weighted by atomic mass is 9.73. The van der Waals surface area contributed by atoms with Crippen LogP contribution in [-0.4, -0.2) is 17.8 Å². The van der Waals surface area contributed by atoms with Crippen molar-refractivity contribution in [3.8, 4) is 0 Å². The summed E-state index contributed by atoms with van der Waals surface area (Å²) in [5.74, 6) is 0. The van der Waals surface area contributed by atoms with Gasteiger partial charge in [0.05, 0.1) is 11.7 Å². The van der Waals surface area contributed by atoms with Gasteiger partial charge < -0.3 is 10.4 Å². The Morgan fingerprint density at radius 2 is 2.07 bits per heavy atom. The largest absolute Gasteiger partial charge is 0.416 e. The number of alkyl halides is 3. The summed E-state index contributed by atoms with van der Waals surface area (Å²) in [5, 5.41) is 13.9. The molecule has 1 heterocycles. The highest BCUT2D eigenvalue weighted by atomic mass is 19.4. The van der Waals surface area contributed by atoms with Crippen LogP contribution in [-0.2, 0) is 11.7 Å². The van der Waals surface area contributed by atoms with Crippen LogP contribution in [0.1, 0.15) is 56.6 Å². The third kappa shape index (κ3) is 4.95. The number of aliphatic hydroxyl groups is 1. The first-order valence-electron chi connectivity index (χ1n) is 9.94. The van der Waals surface area contributed by atoms with E-state index in [1.165, 1.54) is 17.7 Å². The van der Waals surface area contributed by atoms with Crippen LogP contribution in [0.5, 0.6) is 0 Å². The summed E-state index contributed by atoms with van der Waals surface area (Å²) < 4.78 is 39.8. The van der Waals surface area contributed by atoms with E-state index < -0.39 is 23.4 Å². The van der Waals surface area contributed by atoms with Crippen LogP contribution in [0.25, 0.3) is 0 Å². The normalized spacial score (nSPS) is 30.2. The van der Waals surface area contributed by atoms with E-state index >= 15 is 0 Å². The monoisotopic (exact) mass is 391 g/mol. The molecule has 2 N–H and O–H groups in total. The fourth-order valence-electron chi connectivity index (χ4n) is 4.23. The van der Waals surface area contributed by atoms with Crippen LogP contribution in [0, 0.1) is 0 Å². The lowest BCUT2D eigenvalue weighted by molar-refractivity contribution is -0.137. The summed E-state index contributed by atoms with van der Waals surface area (Å²) in [5.41, 5.74) is 1.87. The van der Waals surface area contributed by atoms with Crippen molar-refractivity contribution < 1.29 is 18.3 Å². The smallest absolute Gasteiger partial charge is 0.392 e. The van der Waals surface area contributed by atoms with Crippen LogP contribution < -0.4 is 5.32 Å². The maximum absolute atomic E-state index is 13.3. The number of nitrogens with one attached hydrogen (secondary N) is 1. The molecule has 2 bridgehead atoms. The van der Waals surface area contributed by atoms with Gasteiger partial charge in [-0.1, -0.05) is 42.0 Å². The molecule has 0 radical (unpaired) electrons. The minimum Gasteiger partial charge on any atom is -0.392 e. The van der Waals surface area contributed by atoms with Crippen molar-refractivity contribution >= 4 is 0 Å². The average molecular weight is 391 g/mol. The van der Waals surface area contributed by atoms with E-state index in [2.05, 4.69) is 17.5 Å². The Morgan fingerprint density at radius 3 is 2.82 bits per heavy atom. The van der Waals surface area contributed by atoms with E-state index in [0.29, 0.717) is 24.9 Å². The topological polar surface area (TPSA) is 32.3 Å². The van der Waals surface area contributed by atoms with Crippen LogP contribution in [0.2, 0.25) is 0 Å². The van der Waals surface area contributed by atoms with Gasteiger partial charge in [0, 0.05) is 12.1 Å². The van der Waals surface area contributed by atoms with Gasteiger partial charge >= 0.3 is 6.18 Å². The summed E-state index contributed by atoms with van der Waals surface area (Å²) in [6.07, 6.45) is 8.00. The minimum atomic E-state index is -4.36. The molecule has 5 heteroatoms. The zero-order chi connectivity index (χ0) is 20.2. The lowest BCUT2D eigenvalue weighted by Crippen LogP contribution is -2.47. The number of β-amino-alcohol motifs (C(OH)–C–C–N with tert-alkyl or cyclic N) is 1. The maximum atomic E-state index is 13.3. The molecular formula is C23H28F3NO. The van der Waals surface area contributed by atoms with E-state index in [9.17, 15) is 18.3 Å². The fraction of sp³-hybridized carbons (Fsp3) is 0.478. The SMILES string of the molecule is C\C=C/C=C1\C=C2\CCCC(c3cccc(C(F)(F)F)c3)(C2)NC[C@@H](O)CC1. The molecule has 152 valence electrons. The van der Waals surface area contributed by atoms with Crippen molar-refractivity contribution in [2.45, 2.75) is 63.3 Å². The summed E-state index contributed by atoms with van der Waals surface area (Å²) in [4.78, 5) is 0. The maximum Gasteiger partial charge on any atom is 0.416 e. The fourth-order valence-corrected chi connectivity index (χ4v) is 4.23. The predicted molar refractivity (Wildman–Crippen MR) is 106 cm³/mol. The van der Waals surface area contributed by atoms with Crippen LogP contribution in [0.15, 0.2) is 59.7 Å². The molecule has 1 aromatic rings. The molecule has 28 heavy (non-hydrogen) atoms. The van der Waals surface area contributed by atoms with Gasteiger partial charge in [-0.2, -0.15) is 13.2 Å². The zero-order valence-corrected chi connectivity index (χ0v) is 16.2. The van der Waals surface area contributed by atoms with Crippen molar-refractivity contribution in [1.82, 2.24) is 5.32 Å². The van der Waals surface area contributed by atoms with Crippen molar-refractivity contribution in [2.75, 3.05) is 6.54 Å². The third-order valence-electron chi connectivity index (χ3n) is 5.71. The van der Waals surface area contributed by atoms with Crippen molar-refractivity contribution in [1.29, 1.82) is 0 Å². The number of hydrogen-bond donors (Lipinski definition) is 2. The Balaban J connectivity index is 2.02. The molecule has 2 aliphatic rings. The first kappa shape index (κ1) is 20.9. The van der Waals surface area contributed by atoms with E-state index in [0.717, 1.165) is 37.3 Å². The van der Waals surface area contributed by atoms with E-state index in [4.69, 9.17) is 0 Å². The summed E-state index contributed by atoms with van der Waals surface area (Å²) >= 11 is 0. The Labute approximate surface area is 164 Å². The second-order valence-electron chi connectivity index (χ2n) is 7.83. The Bertz CT molecular complexity index is 778. The number of rotatable bonds is 2. The number of fused-ring (bicyclic) bond motifs is 2. The first-order valence-corrected chi connectivity index (χ1v) is 9.94. The quantitative estimate of drug-likeness (QED) is 0.683. The number of aliphatic hydroxyl groups excluding tert-OH is 1. The second kappa shape index (κ2) is 8.66. The van der Waals surface area contributed by atoms with Crippen molar-refractivity contribution in [3.63, 3.8) is 0 Å². The molecule has 0 spiro atoms. The van der Waals surface area contributed by atoms with Gasteiger partial charge in [0.25, 0.3) is 0 Å². The molecule has 1 aliphatic carbocycles. The van der Waals surface area contributed by atoms with Gasteiger partial charge in [-0.3, -0.25) is 0 Å². The van der Waals surface area contributed by atoms with Crippen LogP contribution >= 0.6 is 0 Å². The lowest BCUT2D eigenvalue weighted by Gasteiger charge is -2.41. The number of hydrogen-bond acceptors (Lipinski definition) is 2. The van der Waals surface area contributed by atoms with E-state index in [-0.39, 0.29) is 0 Å². The molecule has 0 amide bonds. The molecule has 1 aliphatic heterocycles. The highest BCUT2D eigenvalue weighted by molar-refractivity contribution is 5.36. The number of benzene rings is 1. The highest BCUT2D eigenvalue weighted by Gasteiger charge is 2.38. The standard InChI is InChI=1S/C23H28F3NO/c1-2-3-6-17-10-11-21(28)16-27-22(12-5-7-18(13-17)15-22)19-8-4-9-20(14-19)23(24,25)26/h2-4,6,8-9,13-14,21,27-28H,5,7,10-12,15-16H2,1H3/b3-2-,17-6-,18-13-/t21-,22?/m0/s1. The van der Waals surface area contributed by atoms with Crippen molar-refractivity contribution in [3.05, 3.63) is 70.8 Å². The molecule has 1 saturated carbocycles. The van der Waals surface area contributed by atoms with Gasteiger partial charge in [-0.15, -0.1) is 0 Å². The number of allylic oxidation sites excluding steroid dienone is 5. The van der Waals surface area contributed by atoms with Crippen molar-refractivity contribution in [2.24, 2.45) is 0 Å². The second-order valence-corrected chi connectivity index (χ2v) is 7.83. The van der Waals surface area contributed by atoms with Gasteiger partial charge in [-0.05, 0) is 68.7 Å². The summed E-state index contributed by atoms with van der Waals surface area (Å²) in [7, 11) is 0. The van der Waals surface area contributed by atoms with Gasteiger partial charge in [0.15, 0.2) is 0 Å². The molecule has 0 saturated heterocycles. The Morgan fingerprint density at radius 1 is 1.25 bits per heavy atom. The Kier molecular flexibility index (Phi) is 6.46. The average Bonchev–Trinajstić information content (AvgIpc) is 2.67. The summed E-state index contributed by atoms with van der Waals surface area (Å²) in [6, 6.07) is 5.65. The van der Waals surface area contributed by atoms with Crippen LogP contribution in [0.3, 0.4) is 0 Å². The predicted octanol–water partition coefficient (Wildman–Crippen LogP) is 5.65. The van der Waals surface area contributed by atoms with E-state index in [1.54, 1.807) is 6.07 Å². The molecule has 1 fully saturated rings. The first-order chi connectivity index (χ1) is 13.3. The molecule has 0 aromatic heterocycles. The number of halogens is 3. The molecule has 3 rings (SSSR count). The molecule has 2 atom stereocenters. The molecule has 2 nitrogen and oxygen atoms in total. The highest BCUT2D eigenvalue weighted by Crippen LogP contribution is 2.42. The molecular weight excluding hydrogens is 363 g/mol. The third-order valence-corrected chi connectivity index (χ3v) is 5.71. The Hall–Kier alpha value is -1.85. The van der Waals surface area contributed by atoms with Crippen LogP contribution in [0.4, 0.5) is 13.2 Å². The van der Waals surface area contributed by atoms with Gasteiger partial charge in [0.1, 0.15) is 0 Å². The molecule has 1 unspecified atom stereocenters. The van der Waals surface area contributed by atoms with E-state index in [1.807, 2.05) is 19.1 Å². The molecule has 1 aromatic carbocycles. The minimum absolute atomic E-state index is 0.375. The van der Waals surface area contributed by atoms with Gasteiger partial charge in [0.2, 0.25) is 0 Å². The zero-order valence-electron chi connectivity index (χ0n) is 16.2.